The first-order valence-electron chi connectivity index (χ1n) is 13.9. The predicted molar refractivity (Wildman–Crippen MR) is 164 cm³/mol. The summed E-state index contributed by atoms with van der Waals surface area (Å²) in [5, 5.41) is 13.2. The second-order valence-electron chi connectivity index (χ2n) is 10.0. The Morgan fingerprint density at radius 1 is 0.659 bits per heavy atom. The molecule has 0 saturated heterocycles. The van der Waals surface area contributed by atoms with E-state index in [2.05, 4.69) is 41.4 Å². The van der Waals surface area contributed by atoms with E-state index in [0.717, 1.165) is 61.8 Å². The molecule has 0 aliphatic carbocycles. The van der Waals surface area contributed by atoms with Gasteiger partial charge in [0.05, 0.1) is 18.7 Å². The van der Waals surface area contributed by atoms with Crippen molar-refractivity contribution >= 4 is 27.6 Å². The van der Waals surface area contributed by atoms with Crippen molar-refractivity contribution < 1.29 is 19.4 Å². The molecule has 0 unspecified atom stereocenters. The summed E-state index contributed by atoms with van der Waals surface area (Å²) >= 11 is 0. The number of aromatic carboxylic acids is 1. The summed E-state index contributed by atoms with van der Waals surface area (Å²) < 4.78 is 12.1. The van der Waals surface area contributed by atoms with Crippen LogP contribution < -0.4 is 9.47 Å². The number of H-pyrrole nitrogens is 1. The SMILES string of the molecule is O=C(O)c1[nH]c2c(-c3ccccc3CCOc3ccccc3)cccc2c1CCCOc1cccc2ccccc12. The fourth-order valence-electron chi connectivity index (χ4n) is 5.49. The summed E-state index contributed by atoms with van der Waals surface area (Å²) in [6.45, 7) is 1.04. The lowest BCUT2D eigenvalue weighted by Gasteiger charge is -2.12. The first-order valence-corrected chi connectivity index (χ1v) is 13.9. The van der Waals surface area contributed by atoms with E-state index in [9.17, 15) is 9.90 Å². The second-order valence-corrected chi connectivity index (χ2v) is 10.0. The monoisotopic (exact) mass is 541 g/mol. The van der Waals surface area contributed by atoms with Crippen LogP contribution in [-0.2, 0) is 12.8 Å². The van der Waals surface area contributed by atoms with Crippen LogP contribution >= 0.6 is 0 Å². The highest BCUT2D eigenvalue weighted by molar-refractivity contribution is 6.03. The minimum Gasteiger partial charge on any atom is -0.493 e. The van der Waals surface area contributed by atoms with Crippen molar-refractivity contribution in [1.29, 1.82) is 0 Å². The number of ether oxygens (including phenoxy) is 2. The van der Waals surface area contributed by atoms with Gasteiger partial charge in [0.15, 0.2) is 0 Å². The Kier molecular flexibility index (Phi) is 7.68. The molecule has 0 fully saturated rings. The summed E-state index contributed by atoms with van der Waals surface area (Å²) in [6, 6.07) is 38.3. The maximum Gasteiger partial charge on any atom is 0.352 e. The van der Waals surface area contributed by atoms with Gasteiger partial charge in [-0.25, -0.2) is 4.79 Å². The van der Waals surface area contributed by atoms with Crippen LogP contribution in [0, 0.1) is 0 Å². The van der Waals surface area contributed by atoms with Gasteiger partial charge in [0, 0.05) is 22.8 Å². The molecule has 0 saturated carbocycles. The maximum atomic E-state index is 12.3. The van der Waals surface area contributed by atoms with Gasteiger partial charge in [0.25, 0.3) is 0 Å². The molecule has 0 aliphatic heterocycles. The van der Waals surface area contributed by atoms with Gasteiger partial charge in [-0.2, -0.15) is 0 Å². The number of fused-ring (bicyclic) bond motifs is 2. The lowest BCUT2D eigenvalue weighted by Crippen LogP contribution is -2.04. The number of carboxylic acid groups (broad SMARTS) is 1. The molecular weight excluding hydrogens is 510 g/mol. The highest BCUT2D eigenvalue weighted by atomic mass is 16.5. The van der Waals surface area contributed by atoms with Gasteiger partial charge in [-0.05, 0) is 53.1 Å². The van der Waals surface area contributed by atoms with E-state index >= 15 is 0 Å². The van der Waals surface area contributed by atoms with Crippen molar-refractivity contribution in [1.82, 2.24) is 4.98 Å². The fraction of sp³-hybridized carbons (Fsp3) is 0.139. The zero-order valence-electron chi connectivity index (χ0n) is 22.7. The number of para-hydroxylation sites is 2. The maximum absolute atomic E-state index is 12.3. The van der Waals surface area contributed by atoms with Crippen LogP contribution in [0.25, 0.3) is 32.8 Å². The second kappa shape index (κ2) is 12.0. The predicted octanol–water partition coefficient (Wildman–Crippen LogP) is 8.32. The summed E-state index contributed by atoms with van der Waals surface area (Å²) in [5.74, 6) is 0.730. The van der Waals surface area contributed by atoms with Gasteiger partial charge in [-0.1, -0.05) is 97.1 Å². The zero-order chi connectivity index (χ0) is 28.0. The van der Waals surface area contributed by atoms with E-state index in [4.69, 9.17) is 9.47 Å². The third-order valence-electron chi connectivity index (χ3n) is 7.42. The number of aromatic nitrogens is 1. The normalized spacial score (nSPS) is 11.1. The average Bonchev–Trinajstić information content (AvgIpc) is 3.39. The topological polar surface area (TPSA) is 71.5 Å². The Labute approximate surface area is 239 Å². The van der Waals surface area contributed by atoms with Gasteiger partial charge in [0.2, 0.25) is 0 Å². The smallest absolute Gasteiger partial charge is 0.352 e. The largest absolute Gasteiger partial charge is 0.493 e. The van der Waals surface area contributed by atoms with Gasteiger partial charge in [-0.15, -0.1) is 0 Å². The third-order valence-corrected chi connectivity index (χ3v) is 7.42. The number of carbonyl (C=O) groups is 1. The number of benzene rings is 5. The van der Waals surface area contributed by atoms with Crippen LogP contribution in [0.4, 0.5) is 0 Å². The van der Waals surface area contributed by atoms with E-state index in [1.54, 1.807) is 0 Å². The Morgan fingerprint density at radius 3 is 2.24 bits per heavy atom. The molecule has 5 aromatic carbocycles. The zero-order valence-corrected chi connectivity index (χ0v) is 22.7. The van der Waals surface area contributed by atoms with E-state index in [1.165, 1.54) is 0 Å². The van der Waals surface area contributed by atoms with Crippen molar-refractivity contribution in [2.45, 2.75) is 19.3 Å². The molecule has 0 aliphatic rings. The number of aromatic amines is 1. The molecule has 0 atom stereocenters. The molecule has 0 spiro atoms. The molecule has 5 nitrogen and oxygen atoms in total. The van der Waals surface area contributed by atoms with E-state index in [1.807, 2.05) is 78.9 Å². The molecule has 0 bridgehead atoms. The average molecular weight is 542 g/mol. The highest BCUT2D eigenvalue weighted by Crippen LogP contribution is 2.34. The van der Waals surface area contributed by atoms with E-state index in [-0.39, 0.29) is 5.69 Å². The standard InChI is InChI=1S/C36H31NO4/c38-36(39)35-32(20-10-23-41-33-21-8-13-25-11-5-7-17-29(25)33)31-19-9-18-30(34(31)37-35)28-16-6-4-12-26(28)22-24-40-27-14-2-1-3-15-27/h1-9,11-19,21,37H,10,20,22-24H2,(H,38,39). The van der Waals surface area contributed by atoms with Crippen LogP contribution in [0.3, 0.4) is 0 Å². The first kappa shape index (κ1) is 26.2. The molecule has 0 amide bonds. The minimum absolute atomic E-state index is 0.238. The van der Waals surface area contributed by atoms with Crippen LogP contribution in [0.1, 0.15) is 28.0 Å². The fourth-order valence-corrected chi connectivity index (χ4v) is 5.49. The summed E-state index contributed by atoms with van der Waals surface area (Å²) in [7, 11) is 0. The Morgan fingerprint density at radius 2 is 1.37 bits per heavy atom. The lowest BCUT2D eigenvalue weighted by atomic mass is 9.95. The van der Waals surface area contributed by atoms with Gasteiger partial charge < -0.3 is 19.6 Å². The van der Waals surface area contributed by atoms with Crippen LogP contribution in [0.2, 0.25) is 0 Å². The number of carboxylic acids is 1. The van der Waals surface area contributed by atoms with E-state index in [0.29, 0.717) is 26.1 Å². The molecular formula is C36H31NO4. The molecule has 1 aromatic heterocycles. The molecule has 2 N–H and O–H groups in total. The lowest BCUT2D eigenvalue weighted by molar-refractivity contribution is 0.0690. The molecule has 6 rings (SSSR count). The van der Waals surface area contributed by atoms with Crippen LogP contribution in [0.5, 0.6) is 11.5 Å². The third kappa shape index (κ3) is 5.66. The summed E-state index contributed by atoms with van der Waals surface area (Å²) in [6.07, 6.45) is 2.00. The number of hydrogen-bond donors (Lipinski definition) is 2. The van der Waals surface area contributed by atoms with Crippen molar-refractivity contribution in [3.8, 4) is 22.6 Å². The van der Waals surface area contributed by atoms with Crippen LogP contribution in [0.15, 0.2) is 115 Å². The highest BCUT2D eigenvalue weighted by Gasteiger charge is 2.20. The molecule has 6 aromatic rings. The summed E-state index contributed by atoms with van der Waals surface area (Å²) in [4.78, 5) is 15.6. The molecule has 5 heteroatoms. The number of rotatable bonds is 11. The van der Waals surface area contributed by atoms with Crippen molar-refractivity contribution in [2.24, 2.45) is 0 Å². The van der Waals surface area contributed by atoms with Gasteiger partial charge in [0.1, 0.15) is 17.2 Å². The molecule has 41 heavy (non-hydrogen) atoms. The van der Waals surface area contributed by atoms with Crippen LogP contribution in [-0.4, -0.2) is 29.3 Å². The van der Waals surface area contributed by atoms with Gasteiger partial charge in [-0.3, -0.25) is 0 Å². The Balaban J connectivity index is 1.23. The number of aryl methyl sites for hydroxylation is 1. The van der Waals surface area contributed by atoms with Crippen molar-refractivity contribution in [2.75, 3.05) is 13.2 Å². The van der Waals surface area contributed by atoms with Gasteiger partial charge >= 0.3 is 5.97 Å². The van der Waals surface area contributed by atoms with E-state index < -0.39 is 5.97 Å². The Hall–Kier alpha value is -5.03. The number of hydrogen-bond acceptors (Lipinski definition) is 3. The summed E-state index contributed by atoms with van der Waals surface area (Å²) in [5.41, 5.74) is 5.08. The molecule has 204 valence electrons. The minimum atomic E-state index is -0.957. The van der Waals surface area contributed by atoms with Crippen molar-refractivity contribution in [3.63, 3.8) is 0 Å². The Bertz CT molecular complexity index is 1800. The van der Waals surface area contributed by atoms with Crippen molar-refractivity contribution in [3.05, 3.63) is 132 Å². The molecule has 0 radical (unpaired) electrons. The number of nitrogens with one attached hydrogen (secondary N) is 1. The molecule has 1 heterocycles. The first-order chi connectivity index (χ1) is 20.2. The quantitative estimate of drug-likeness (QED) is 0.162.